The minimum atomic E-state index is -1.88. The first-order valence-electron chi connectivity index (χ1n) is 15.9. The predicted molar refractivity (Wildman–Crippen MR) is 176 cm³/mol. The molecule has 0 aromatic rings. The molecular weight excluding hydrogens is 724 g/mol. The second kappa shape index (κ2) is 35.1. The summed E-state index contributed by atoms with van der Waals surface area (Å²) in [4.78, 5) is 52.8. The lowest BCUT2D eigenvalue weighted by Crippen LogP contribution is -2.66. The lowest BCUT2D eigenvalue weighted by atomic mass is 9.96. The molecule has 8 unspecified atom stereocenters. The summed E-state index contributed by atoms with van der Waals surface area (Å²) in [6.07, 6.45) is -19.3. The number of ether oxygens (including phenoxy) is 6. The van der Waals surface area contributed by atoms with E-state index in [0.717, 1.165) is 37.7 Å². The van der Waals surface area contributed by atoms with Crippen molar-refractivity contribution in [1.29, 1.82) is 0 Å². The molecule has 0 amide bonds. The third-order valence-electron chi connectivity index (χ3n) is 6.30. The Hall–Kier alpha value is -2.62. The maximum absolute atomic E-state index is 10.7. The molecule has 0 aliphatic carbocycles. The summed E-state index contributed by atoms with van der Waals surface area (Å²) in [5.74, 6) is 0. The van der Waals surface area contributed by atoms with E-state index in [1.165, 1.54) is 48.7 Å². The minimum absolute atomic E-state index is 0.675. The van der Waals surface area contributed by atoms with Crippen molar-refractivity contribution in [3.05, 3.63) is 0 Å². The maximum atomic E-state index is 10.7. The van der Waals surface area contributed by atoms with Crippen molar-refractivity contribution in [3.63, 3.8) is 0 Å². The van der Waals surface area contributed by atoms with E-state index >= 15 is 0 Å². The average molecular weight is 783 g/mol. The molecule has 3 aliphatic rings. The lowest BCUT2D eigenvalue weighted by molar-refractivity contribution is -0.378. The topological polar surface area (TPSA) is 360 Å². The second-order valence-electron chi connectivity index (χ2n) is 9.96. The number of methoxy groups -OCH3 is 1. The summed E-state index contributed by atoms with van der Waals surface area (Å²) in [7, 11) is 1.21. The molecule has 0 aromatic heterocycles. The van der Waals surface area contributed by atoms with Crippen molar-refractivity contribution >= 4 is 37.7 Å². The molecule has 22 nitrogen and oxygen atoms in total. The first kappa shape index (κ1) is 57.1. The van der Waals surface area contributed by atoms with Gasteiger partial charge in [-0.3, -0.25) is 0 Å². The van der Waals surface area contributed by atoms with E-state index in [1.54, 1.807) is 0 Å². The highest BCUT2D eigenvalue weighted by molar-refractivity contribution is 5.45. The smallest absolute Gasteiger partial charge is 0.187 e. The standard InChI is InChI=1S/C19H34O16.6C2H4O/c1-30-17-13(28)10(25)15(6(3-21)32-17)35-19-14(29)11(26)16(7(4-22)33-19)34-18-12(27)9(24)8(23)5(2-20)31-18;6*1-2-3/h5-29H,2-4H2,1H3;6*2H,1H3/t5?,6?,7?,8-,9+,10-,11-,12?,13?,14?,15-,16-,17?,18-,19?;;;;;;/m0....../s1. The second-order valence-corrected chi connectivity index (χ2v) is 9.96. The van der Waals surface area contributed by atoms with Crippen LogP contribution in [-0.4, -0.2) is 208 Å². The van der Waals surface area contributed by atoms with Gasteiger partial charge in [0.2, 0.25) is 0 Å². The van der Waals surface area contributed by atoms with Gasteiger partial charge in [0.25, 0.3) is 0 Å². The van der Waals surface area contributed by atoms with Gasteiger partial charge >= 0.3 is 0 Å². The molecule has 0 radical (unpaired) electrons. The van der Waals surface area contributed by atoms with Crippen LogP contribution in [0.3, 0.4) is 0 Å². The number of hydrogen-bond acceptors (Lipinski definition) is 22. The van der Waals surface area contributed by atoms with Crippen molar-refractivity contribution in [1.82, 2.24) is 0 Å². The third kappa shape index (κ3) is 20.6. The molecular formula is C31H58O22. The minimum Gasteiger partial charge on any atom is -0.394 e. The number of aliphatic hydroxyl groups excluding tert-OH is 10. The molecule has 0 saturated carbocycles. The molecule has 3 rings (SSSR count). The number of hydrogen-bond donors (Lipinski definition) is 10. The fourth-order valence-electron chi connectivity index (χ4n) is 4.24. The van der Waals surface area contributed by atoms with Gasteiger partial charge in [0.1, 0.15) is 111 Å². The number of carbonyl (C=O) groups is 6. The van der Waals surface area contributed by atoms with Gasteiger partial charge in [-0.25, -0.2) is 0 Å². The van der Waals surface area contributed by atoms with Gasteiger partial charge < -0.3 is 108 Å². The van der Waals surface area contributed by atoms with Crippen molar-refractivity contribution in [3.8, 4) is 0 Å². The van der Waals surface area contributed by atoms with E-state index in [2.05, 4.69) is 0 Å². The molecule has 10 N–H and O–H groups in total. The molecule has 3 fully saturated rings. The van der Waals surface area contributed by atoms with Crippen LogP contribution in [0.1, 0.15) is 41.5 Å². The Morgan fingerprint density at radius 2 is 0.660 bits per heavy atom. The Kier molecular flexibility index (Phi) is 37.8. The Labute approximate surface area is 306 Å². The summed E-state index contributed by atoms with van der Waals surface area (Å²) in [6.45, 7) is 6.46. The molecule has 0 aromatic carbocycles. The van der Waals surface area contributed by atoms with Crippen molar-refractivity contribution < 1.29 is 108 Å². The first-order valence-corrected chi connectivity index (χ1v) is 15.9. The van der Waals surface area contributed by atoms with Gasteiger partial charge in [-0.2, -0.15) is 0 Å². The Balaban J connectivity index is -0.000000562. The Bertz CT molecular complexity index is 876. The highest BCUT2D eigenvalue weighted by Crippen LogP contribution is 2.32. The van der Waals surface area contributed by atoms with E-state index in [4.69, 9.17) is 57.2 Å². The zero-order chi connectivity index (χ0) is 42.3. The lowest BCUT2D eigenvalue weighted by Gasteiger charge is -2.48. The van der Waals surface area contributed by atoms with Crippen LogP contribution in [0, 0.1) is 0 Å². The van der Waals surface area contributed by atoms with E-state index in [9.17, 15) is 51.1 Å². The summed E-state index contributed by atoms with van der Waals surface area (Å²) < 4.78 is 31.9. The summed E-state index contributed by atoms with van der Waals surface area (Å²) >= 11 is 0. The Morgan fingerprint density at radius 3 is 0.943 bits per heavy atom. The third-order valence-corrected chi connectivity index (χ3v) is 6.30. The van der Waals surface area contributed by atoms with Crippen molar-refractivity contribution in [2.45, 2.75) is 134 Å². The molecule has 0 bridgehead atoms. The van der Waals surface area contributed by atoms with Crippen molar-refractivity contribution in [2.24, 2.45) is 0 Å². The molecule has 22 heteroatoms. The van der Waals surface area contributed by atoms with Crippen LogP contribution in [0.25, 0.3) is 0 Å². The van der Waals surface area contributed by atoms with Crippen LogP contribution >= 0.6 is 0 Å². The number of aldehydes is 6. The SMILES string of the molecule is CC=O.CC=O.CC=O.CC=O.CC=O.CC=O.COC1OC(CO)[C@H](OC2OC(CO)[C@H](O[C@@H]3OC(CO)[C@H](O)[C@@H](O)C3O)[C@@H](O)C2O)[C@@H](O)C1O. The molecule has 53 heavy (non-hydrogen) atoms. The van der Waals surface area contributed by atoms with Crippen molar-refractivity contribution in [2.75, 3.05) is 26.9 Å². The highest BCUT2D eigenvalue weighted by atomic mass is 16.8. The van der Waals surface area contributed by atoms with Gasteiger partial charge in [0.15, 0.2) is 18.9 Å². The molecule has 3 aliphatic heterocycles. The quantitative estimate of drug-likeness (QED) is 0.103. The van der Waals surface area contributed by atoms with Gasteiger partial charge in [-0.15, -0.1) is 0 Å². The summed E-state index contributed by atoms with van der Waals surface area (Å²) in [5, 5.41) is 100. The van der Waals surface area contributed by atoms with Crippen LogP contribution in [0.2, 0.25) is 0 Å². The van der Waals surface area contributed by atoms with E-state index in [-0.39, 0.29) is 0 Å². The first-order chi connectivity index (χ1) is 25.1. The zero-order valence-corrected chi connectivity index (χ0v) is 30.6. The van der Waals surface area contributed by atoms with Gasteiger partial charge in [-0.1, -0.05) is 0 Å². The van der Waals surface area contributed by atoms with Gasteiger partial charge in [-0.05, 0) is 41.5 Å². The maximum Gasteiger partial charge on any atom is 0.187 e. The van der Waals surface area contributed by atoms with Gasteiger partial charge in [0.05, 0.1) is 19.8 Å². The number of aliphatic hydroxyl groups is 10. The summed E-state index contributed by atoms with van der Waals surface area (Å²) in [5.41, 5.74) is 0. The number of rotatable bonds is 8. The zero-order valence-electron chi connectivity index (χ0n) is 30.6. The normalized spacial score (nSPS) is 35.4. The van der Waals surface area contributed by atoms with Gasteiger partial charge in [0, 0.05) is 7.11 Å². The molecule has 314 valence electrons. The monoisotopic (exact) mass is 782 g/mol. The molecule has 3 saturated heterocycles. The molecule has 15 atom stereocenters. The molecule has 0 spiro atoms. The van der Waals surface area contributed by atoms with E-state index < -0.39 is 112 Å². The van der Waals surface area contributed by atoms with Crippen LogP contribution in [0.4, 0.5) is 0 Å². The fourth-order valence-corrected chi connectivity index (χ4v) is 4.24. The average Bonchev–Trinajstić information content (AvgIpc) is 3.12. The number of carbonyl (C=O) groups excluding carboxylic acids is 6. The van der Waals surface area contributed by atoms with E-state index in [0.29, 0.717) is 0 Å². The van der Waals surface area contributed by atoms with Crippen LogP contribution in [-0.2, 0) is 57.2 Å². The predicted octanol–water partition coefficient (Wildman–Crippen LogP) is -5.69. The van der Waals surface area contributed by atoms with Crippen LogP contribution in [0.15, 0.2) is 0 Å². The fraction of sp³-hybridized carbons (Fsp3) is 0.806. The molecule has 3 heterocycles. The summed E-state index contributed by atoms with van der Waals surface area (Å²) in [6, 6.07) is 0. The Morgan fingerprint density at radius 1 is 0.415 bits per heavy atom. The van der Waals surface area contributed by atoms with Crippen LogP contribution < -0.4 is 0 Å². The highest BCUT2D eigenvalue weighted by Gasteiger charge is 2.53. The van der Waals surface area contributed by atoms with E-state index in [1.807, 2.05) is 0 Å². The van der Waals surface area contributed by atoms with Crippen LogP contribution in [0.5, 0.6) is 0 Å². The largest absolute Gasteiger partial charge is 0.394 e.